The molecule has 0 spiro atoms. The molecule has 0 aromatic heterocycles. The van der Waals surface area contributed by atoms with Gasteiger partial charge in [0, 0.05) is 0 Å². The molecule has 0 aliphatic heterocycles. The number of fused-ring (bicyclic) bond motifs is 3. The average Bonchev–Trinajstić information content (AvgIpc) is 3.54. The van der Waals surface area contributed by atoms with Gasteiger partial charge in [0.05, 0.1) is 0 Å². The maximum absolute atomic E-state index is 3.26. The second-order valence-corrected chi connectivity index (χ2v) is 12.1. The number of hydrogen-bond donors (Lipinski definition) is 0. The van der Waals surface area contributed by atoms with Gasteiger partial charge in [-0.2, -0.15) is 11.6 Å². The van der Waals surface area contributed by atoms with Gasteiger partial charge in [-0.15, -0.1) is 39.7 Å². The SMILES string of the molecule is CC1[C-]=CC(C(C)(C)C)=C1.Cc1ccc([C](=[Zr+2])c2ccccc2)cc1.[Cl-].[Cl-].c1ccc2c(c1)[cH-]c1ccccc12. The molecule has 3 heteroatoms. The zero-order valence-electron chi connectivity index (χ0n) is 23.9. The first-order valence-electron chi connectivity index (χ1n) is 13.3. The third kappa shape index (κ3) is 9.04. The van der Waals surface area contributed by atoms with Crippen molar-refractivity contribution < 1.29 is 49.0 Å². The first-order valence-corrected chi connectivity index (χ1v) is 14.5. The first kappa shape index (κ1) is 33.8. The fourth-order valence-corrected chi connectivity index (χ4v) is 5.27. The summed E-state index contributed by atoms with van der Waals surface area (Å²) in [6, 6.07) is 38.6. The summed E-state index contributed by atoms with van der Waals surface area (Å²) in [6.45, 7) is 11.0. The zero-order chi connectivity index (χ0) is 27.1. The predicted octanol–water partition coefficient (Wildman–Crippen LogP) is 3.80. The van der Waals surface area contributed by atoms with Crippen LogP contribution >= 0.6 is 0 Å². The second-order valence-electron chi connectivity index (χ2n) is 10.9. The molecule has 0 nitrogen and oxygen atoms in total. The van der Waals surface area contributed by atoms with E-state index in [-0.39, 0.29) is 24.8 Å². The van der Waals surface area contributed by atoms with E-state index in [1.807, 2.05) is 0 Å². The van der Waals surface area contributed by atoms with E-state index < -0.39 is 0 Å². The quantitative estimate of drug-likeness (QED) is 0.257. The first-order chi connectivity index (χ1) is 18.2. The summed E-state index contributed by atoms with van der Waals surface area (Å²) in [5, 5.41) is 5.39. The van der Waals surface area contributed by atoms with E-state index in [2.05, 4.69) is 162 Å². The van der Waals surface area contributed by atoms with Gasteiger partial charge in [-0.05, 0) is 0 Å². The monoisotopic (exact) mass is 640 g/mol. The Morgan fingerprint density at radius 3 is 1.62 bits per heavy atom. The second kappa shape index (κ2) is 15.5. The molecule has 0 heterocycles. The molecule has 6 rings (SSSR count). The van der Waals surface area contributed by atoms with Crippen LogP contribution in [0.15, 0.2) is 127 Å². The van der Waals surface area contributed by atoms with Crippen LogP contribution in [-0.4, -0.2) is 3.21 Å². The molecular weight excluding hydrogens is 607 g/mol. The smallest absolute Gasteiger partial charge is 0.0771 e. The number of allylic oxidation sites excluding steroid dienone is 4. The number of aryl methyl sites for hydroxylation is 1. The van der Waals surface area contributed by atoms with Gasteiger partial charge < -0.3 is 24.8 Å². The summed E-state index contributed by atoms with van der Waals surface area (Å²) in [6.07, 6.45) is 7.65. The Morgan fingerprint density at radius 1 is 0.700 bits per heavy atom. The number of hydrogen-bond acceptors (Lipinski definition) is 0. The standard InChI is InChI=1S/C14H12.C13H9.C10H15.2ClH.Zr/c1-12-7-9-14(10-8-12)11-13-5-3-2-4-6-13;1-3-7-12-10(5-1)9-11-6-2-4-8-13(11)12;1-8-5-6-9(7-8)10(2,3)4;;;/h2-10H,1H3;1-9H;6-8H,1-4H3;2*1H;/q;2*-1;;;+2/p-2. The maximum Gasteiger partial charge on any atom is -0.0771 e. The molecule has 1 aliphatic rings. The summed E-state index contributed by atoms with van der Waals surface area (Å²) in [5.74, 6) is 0.522. The molecular formula is C37H36Cl2Zr-2. The Labute approximate surface area is 267 Å². The van der Waals surface area contributed by atoms with Gasteiger partial charge >= 0.3 is 106 Å². The van der Waals surface area contributed by atoms with Crippen LogP contribution < -0.4 is 24.8 Å². The molecule has 1 unspecified atom stereocenters. The molecule has 0 saturated carbocycles. The molecule has 0 bridgehead atoms. The summed E-state index contributed by atoms with van der Waals surface area (Å²) in [4.78, 5) is 0. The van der Waals surface area contributed by atoms with Crippen LogP contribution in [0.1, 0.15) is 44.4 Å². The van der Waals surface area contributed by atoms with Crippen LogP contribution in [0.3, 0.4) is 0 Å². The van der Waals surface area contributed by atoms with E-state index in [0.29, 0.717) is 11.3 Å². The van der Waals surface area contributed by atoms with E-state index >= 15 is 0 Å². The van der Waals surface area contributed by atoms with Crippen molar-refractivity contribution in [2.24, 2.45) is 11.3 Å². The van der Waals surface area contributed by atoms with Crippen molar-refractivity contribution in [2.45, 2.75) is 34.6 Å². The largest absolute Gasteiger partial charge is 1.00 e. The maximum atomic E-state index is 3.26. The number of benzene rings is 4. The van der Waals surface area contributed by atoms with Gasteiger partial charge in [0.2, 0.25) is 0 Å². The Bertz CT molecular complexity index is 1520. The molecule has 5 aromatic carbocycles. The number of halogens is 2. The average molecular weight is 643 g/mol. The minimum absolute atomic E-state index is 0. The summed E-state index contributed by atoms with van der Waals surface area (Å²) in [7, 11) is 0. The van der Waals surface area contributed by atoms with E-state index in [1.54, 1.807) is 0 Å². The minimum atomic E-state index is 0. The number of rotatable bonds is 2. The van der Waals surface area contributed by atoms with Crippen LogP contribution in [0.4, 0.5) is 0 Å². The van der Waals surface area contributed by atoms with Gasteiger partial charge in [-0.3, -0.25) is 6.08 Å². The molecule has 204 valence electrons. The van der Waals surface area contributed by atoms with Crippen molar-refractivity contribution in [3.05, 3.63) is 150 Å². The Balaban J connectivity index is 0.000000209. The zero-order valence-corrected chi connectivity index (χ0v) is 27.9. The van der Waals surface area contributed by atoms with E-state index in [1.165, 1.54) is 71.2 Å². The van der Waals surface area contributed by atoms with E-state index in [0.717, 1.165) is 0 Å². The molecule has 1 aliphatic carbocycles. The molecule has 5 aromatic rings. The van der Waals surface area contributed by atoms with Crippen LogP contribution in [0.2, 0.25) is 0 Å². The van der Waals surface area contributed by atoms with E-state index in [4.69, 9.17) is 0 Å². The third-order valence-electron chi connectivity index (χ3n) is 6.72. The minimum Gasteiger partial charge on any atom is -1.00 e. The van der Waals surface area contributed by atoms with Crippen molar-refractivity contribution in [2.75, 3.05) is 0 Å². The molecule has 0 amide bonds. The van der Waals surface area contributed by atoms with Crippen molar-refractivity contribution >= 4 is 24.8 Å². The Hall–Kier alpha value is -2.44. The molecule has 40 heavy (non-hydrogen) atoms. The van der Waals surface area contributed by atoms with Crippen molar-refractivity contribution in [1.82, 2.24) is 0 Å². The van der Waals surface area contributed by atoms with Crippen molar-refractivity contribution in [3.8, 4) is 0 Å². The fraction of sp³-hybridized carbons (Fsp3) is 0.189. The topological polar surface area (TPSA) is 0 Å². The third-order valence-corrected chi connectivity index (χ3v) is 8.14. The van der Waals surface area contributed by atoms with Crippen LogP contribution in [-0.2, 0) is 24.2 Å². The van der Waals surface area contributed by atoms with Crippen molar-refractivity contribution in [3.63, 3.8) is 0 Å². The van der Waals surface area contributed by atoms with Crippen molar-refractivity contribution in [1.29, 1.82) is 0 Å². The molecule has 0 N–H and O–H groups in total. The summed E-state index contributed by atoms with van der Waals surface area (Å²) < 4.78 is 1.42. The molecule has 0 saturated heterocycles. The Morgan fingerprint density at radius 2 is 1.18 bits per heavy atom. The van der Waals surface area contributed by atoms with Gasteiger partial charge in [-0.1, -0.05) is 75.4 Å². The predicted molar refractivity (Wildman–Crippen MR) is 162 cm³/mol. The summed E-state index contributed by atoms with van der Waals surface area (Å²) in [5.41, 5.74) is 5.71. The van der Waals surface area contributed by atoms with Gasteiger partial charge in [-0.25, -0.2) is 6.08 Å². The van der Waals surface area contributed by atoms with Crippen LogP contribution in [0.5, 0.6) is 0 Å². The molecule has 1 atom stereocenters. The molecule has 0 radical (unpaired) electrons. The molecule has 0 fully saturated rings. The van der Waals surface area contributed by atoms with Gasteiger partial charge in [0.15, 0.2) is 0 Å². The normalized spacial score (nSPS) is 13.7. The van der Waals surface area contributed by atoms with Crippen LogP contribution in [0.25, 0.3) is 21.5 Å². The van der Waals surface area contributed by atoms with E-state index in [9.17, 15) is 0 Å². The van der Waals surface area contributed by atoms with Gasteiger partial charge in [0.1, 0.15) is 0 Å². The Kier molecular flexibility index (Phi) is 13.1. The summed E-state index contributed by atoms with van der Waals surface area (Å²) >= 11 is 1.46. The fourth-order valence-electron chi connectivity index (χ4n) is 4.45. The van der Waals surface area contributed by atoms with Gasteiger partial charge in [0.25, 0.3) is 0 Å². The van der Waals surface area contributed by atoms with Crippen LogP contribution in [0, 0.1) is 24.3 Å².